The second-order valence-corrected chi connectivity index (χ2v) is 18.3. The molecule has 5 aromatic rings. The quantitative estimate of drug-likeness (QED) is 0.0350. The molecule has 2 N–H and O–H groups in total. The molecular formula is C50H51F3N8O7S. The SMILES string of the molecule is O=C1CCC(N2C(=O)c3cccc(OCCCCCCn4cc(CCN5CCC(CCNC(=O)c6cccc(C(=O)/C=C/C(F)(F)F)c6)(c6nc(-c7ccccc7)cs6)CC5)nn4)c3C2=O)C(=O)N1. The Morgan fingerprint density at radius 3 is 2.46 bits per heavy atom. The summed E-state index contributed by atoms with van der Waals surface area (Å²) in [6.45, 7) is 3.79. The maximum atomic E-state index is 13.3. The van der Waals surface area contributed by atoms with E-state index in [1.807, 2.05) is 41.2 Å². The van der Waals surface area contributed by atoms with Crippen molar-refractivity contribution >= 4 is 46.7 Å². The van der Waals surface area contributed by atoms with Gasteiger partial charge in [-0.1, -0.05) is 60.2 Å². The molecule has 2 fully saturated rings. The van der Waals surface area contributed by atoms with Gasteiger partial charge in [0.1, 0.15) is 11.8 Å². The van der Waals surface area contributed by atoms with Crippen LogP contribution < -0.4 is 15.4 Å². The average molecular weight is 965 g/mol. The molecular weight excluding hydrogens is 914 g/mol. The van der Waals surface area contributed by atoms with E-state index >= 15 is 0 Å². The van der Waals surface area contributed by atoms with Gasteiger partial charge in [0.15, 0.2) is 5.78 Å². The molecule has 0 saturated carbocycles. The number of halogens is 3. The number of nitrogens with zero attached hydrogens (tertiary/aromatic N) is 6. The molecule has 0 aliphatic carbocycles. The molecule has 8 rings (SSSR count). The smallest absolute Gasteiger partial charge is 0.409 e. The fourth-order valence-electron chi connectivity index (χ4n) is 8.98. The Morgan fingerprint density at radius 2 is 1.68 bits per heavy atom. The van der Waals surface area contributed by atoms with E-state index in [1.165, 1.54) is 24.3 Å². The van der Waals surface area contributed by atoms with Crippen molar-refractivity contribution < 1.29 is 46.7 Å². The van der Waals surface area contributed by atoms with Crippen molar-refractivity contribution in [3.63, 3.8) is 0 Å². The number of rotatable bonds is 20. The number of fused-ring (bicyclic) bond motifs is 1. The van der Waals surface area contributed by atoms with Crippen LogP contribution in [0.4, 0.5) is 13.2 Å². The highest BCUT2D eigenvalue weighted by Gasteiger charge is 2.46. The minimum atomic E-state index is -4.62. The van der Waals surface area contributed by atoms with Crippen LogP contribution in [0.3, 0.4) is 0 Å². The van der Waals surface area contributed by atoms with Crippen LogP contribution in [0.5, 0.6) is 5.75 Å². The van der Waals surface area contributed by atoms with Crippen molar-refractivity contribution in [2.24, 2.45) is 0 Å². The lowest BCUT2D eigenvalue weighted by Crippen LogP contribution is -2.54. The van der Waals surface area contributed by atoms with E-state index in [0.29, 0.717) is 37.9 Å². The molecule has 1 atom stereocenters. The number of hydrogen-bond donors (Lipinski definition) is 2. The minimum absolute atomic E-state index is 0.0133. The number of piperidine rings is 2. The van der Waals surface area contributed by atoms with E-state index in [4.69, 9.17) is 9.72 Å². The molecule has 3 aliphatic heterocycles. The van der Waals surface area contributed by atoms with Crippen LogP contribution >= 0.6 is 11.3 Å². The number of likely N-dealkylation sites (tertiary alicyclic amines) is 1. The van der Waals surface area contributed by atoms with Crippen LogP contribution in [0.25, 0.3) is 11.3 Å². The zero-order valence-electron chi connectivity index (χ0n) is 37.7. The largest absolute Gasteiger partial charge is 0.493 e. The molecule has 2 aromatic heterocycles. The zero-order chi connectivity index (χ0) is 48.5. The van der Waals surface area contributed by atoms with E-state index in [1.54, 1.807) is 29.5 Å². The lowest BCUT2D eigenvalue weighted by atomic mass is 9.76. The molecule has 1 unspecified atom stereocenters. The number of carbonyl (C=O) groups is 6. The molecule has 3 aliphatic rings. The van der Waals surface area contributed by atoms with Gasteiger partial charge < -0.3 is 15.0 Å². The summed E-state index contributed by atoms with van der Waals surface area (Å²) < 4.78 is 45.8. The van der Waals surface area contributed by atoms with Crippen LogP contribution in [0.2, 0.25) is 0 Å². The number of aromatic nitrogens is 4. The first kappa shape index (κ1) is 48.6. The van der Waals surface area contributed by atoms with Crippen molar-refractivity contribution in [1.82, 2.24) is 40.4 Å². The third-order valence-electron chi connectivity index (χ3n) is 12.8. The number of carbonyl (C=O) groups excluding carboxylic acids is 6. The number of amides is 5. The van der Waals surface area contributed by atoms with Crippen LogP contribution in [0.1, 0.15) is 110 Å². The molecule has 2 saturated heterocycles. The van der Waals surface area contributed by atoms with E-state index in [2.05, 4.69) is 31.2 Å². The predicted molar refractivity (Wildman–Crippen MR) is 249 cm³/mol. The number of alkyl halides is 3. The van der Waals surface area contributed by atoms with Gasteiger partial charge >= 0.3 is 6.18 Å². The minimum Gasteiger partial charge on any atom is -0.493 e. The van der Waals surface area contributed by atoms with Gasteiger partial charge in [-0.15, -0.1) is 16.4 Å². The summed E-state index contributed by atoms with van der Waals surface area (Å²) in [5, 5.41) is 17.0. The lowest BCUT2D eigenvalue weighted by molar-refractivity contribution is -0.136. The van der Waals surface area contributed by atoms with E-state index in [0.717, 1.165) is 91.4 Å². The number of imide groups is 2. The molecule has 0 bridgehead atoms. The fourth-order valence-corrected chi connectivity index (χ4v) is 10.1. The molecule has 15 nitrogen and oxygen atoms in total. The maximum absolute atomic E-state index is 13.3. The standard InChI is InChI=1S/C50H51F3N8O7S/c51-50(52,53)20-18-40(62)34-12-8-13-35(30-34)44(64)54-24-21-49(48-55-38(32-69-48)33-10-4-3-5-11-33)22-27-59(28-23-49)26-19-36-31-60(58-57-36)25-6-1-2-7-29-68-41-15-9-14-37-43(41)47(67)61(46(37)66)39-16-17-42(63)56-45(39)65/h3-5,8-15,18,20,30-32,39H,1-2,6-7,16-17,19,21-29H2,(H,54,64)(H,56,63,65)/b20-18+. The summed E-state index contributed by atoms with van der Waals surface area (Å²) in [6.07, 6.45) is 4.19. The zero-order valence-corrected chi connectivity index (χ0v) is 38.5. The Hall–Kier alpha value is -6.86. The van der Waals surface area contributed by atoms with E-state index in [9.17, 15) is 41.9 Å². The van der Waals surface area contributed by atoms with Crippen LogP contribution in [-0.2, 0) is 28.0 Å². The second-order valence-electron chi connectivity index (χ2n) is 17.5. The number of nitrogens with one attached hydrogen (secondary N) is 2. The lowest BCUT2D eigenvalue weighted by Gasteiger charge is -2.41. The monoisotopic (exact) mass is 964 g/mol. The van der Waals surface area contributed by atoms with Crippen molar-refractivity contribution in [1.29, 1.82) is 0 Å². The number of benzene rings is 3. The predicted octanol–water partition coefficient (Wildman–Crippen LogP) is 7.14. The molecule has 360 valence electrons. The number of aryl methyl sites for hydroxylation is 1. The van der Waals surface area contributed by atoms with E-state index in [-0.39, 0.29) is 46.6 Å². The maximum Gasteiger partial charge on any atom is 0.409 e. The summed E-state index contributed by atoms with van der Waals surface area (Å²) in [7, 11) is 0. The van der Waals surface area contributed by atoms with Crippen molar-refractivity contribution in [3.05, 3.63) is 129 Å². The topological polar surface area (TPSA) is 186 Å². The van der Waals surface area contributed by atoms with Gasteiger partial charge in [-0.2, -0.15) is 13.2 Å². The average Bonchev–Trinajstić information content (AvgIpc) is 4.09. The number of unbranched alkanes of at least 4 members (excludes halogenated alkanes) is 3. The van der Waals surface area contributed by atoms with Gasteiger partial charge in [-0.3, -0.25) is 43.7 Å². The third-order valence-corrected chi connectivity index (χ3v) is 13.9. The first-order valence-corrected chi connectivity index (χ1v) is 23.9. The van der Waals surface area contributed by atoms with Gasteiger partial charge in [0.05, 0.1) is 34.1 Å². The highest BCUT2D eigenvalue weighted by Crippen LogP contribution is 2.41. The van der Waals surface area contributed by atoms with Crippen molar-refractivity contribution in [2.75, 3.05) is 32.8 Å². The summed E-state index contributed by atoms with van der Waals surface area (Å²) >= 11 is 1.62. The Bertz CT molecular complexity index is 2730. The molecule has 5 heterocycles. The van der Waals surface area contributed by atoms with Gasteiger partial charge in [-0.05, 0) is 88.4 Å². The second kappa shape index (κ2) is 21.6. The van der Waals surface area contributed by atoms with Crippen LogP contribution in [0.15, 0.2) is 96.5 Å². The fraction of sp³-hybridized carbons (Fsp3) is 0.380. The number of ether oxygens (including phenoxy) is 1. The first-order valence-electron chi connectivity index (χ1n) is 23.1. The molecule has 0 radical (unpaired) electrons. The number of allylic oxidation sites excluding steroid dienone is 2. The highest BCUT2D eigenvalue weighted by molar-refractivity contribution is 7.10. The Morgan fingerprint density at radius 1 is 0.913 bits per heavy atom. The van der Waals surface area contributed by atoms with Gasteiger partial charge in [0.25, 0.3) is 17.7 Å². The summed E-state index contributed by atoms with van der Waals surface area (Å²) in [5.41, 5.74) is 3.00. The Kier molecular flexibility index (Phi) is 15.2. The Balaban J connectivity index is 0.782. The van der Waals surface area contributed by atoms with Gasteiger partial charge in [0.2, 0.25) is 11.8 Å². The molecule has 3 aromatic carbocycles. The molecule has 19 heteroatoms. The Labute approximate surface area is 400 Å². The molecule has 69 heavy (non-hydrogen) atoms. The third kappa shape index (κ3) is 11.9. The summed E-state index contributed by atoms with van der Waals surface area (Å²) in [5.74, 6) is -3.23. The highest BCUT2D eigenvalue weighted by atomic mass is 32.1. The molecule has 5 amide bonds. The summed E-state index contributed by atoms with van der Waals surface area (Å²) in [6, 6.07) is 19.4. The van der Waals surface area contributed by atoms with Gasteiger partial charge in [0, 0.05) is 72.2 Å². The molecule has 0 spiro atoms. The van der Waals surface area contributed by atoms with E-state index < -0.39 is 47.5 Å². The summed E-state index contributed by atoms with van der Waals surface area (Å²) in [4.78, 5) is 84.6. The van der Waals surface area contributed by atoms with Crippen LogP contribution in [-0.4, -0.2) is 110 Å². The number of hydrogen-bond acceptors (Lipinski definition) is 12. The normalized spacial score (nSPS) is 17.3. The van der Waals surface area contributed by atoms with Crippen molar-refractivity contribution in [3.8, 4) is 17.0 Å². The van der Waals surface area contributed by atoms with Crippen molar-refractivity contribution in [2.45, 2.75) is 88.4 Å². The first-order chi connectivity index (χ1) is 33.3. The van der Waals surface area contributed by atoms with Crippen LogP contribution in [0, 0.1) is 0 Å². The van der Waals surface area contributed by atoms with Gasteiger partial charge in [-0.25, -0.2) is 4.98 Å². The number of thiazole rings is 1. The number of ketones is 1.